The minimum absolute atomic E-state index is 0.0903. The Kier molecular flexibility index (Phi) is 5.25. The molecule has 0 bridgehead atoms. The van der Waals surface area contributed by atoms with Crippen LogP contribution < -0.4 is 5.32 Å². The molecule has 0 radical (unpaired) electrons. The summed E-state index contributed by atoms with van der Waals surface area (Å²) < 4.78 is 14.1. The first-order valence-electron chi connectivity index (χ1n) is 5.97. The maximum absolute atomic E-state index is 13.5. The lowest BCUT2D eigenvalue weighted by Crippen LogP contribution is -2.16. The molecule has 3 nitrogen and oxygen atoms in total. The summed E-state index contributed by atoms with van der Waals surface area (Å²) in [6, 6.07) is 10.5. The number of carbonyl (C=O) groups excluding carboxylic acids is 2. The molecule has 0 spiro atoms. The number of amides is 1. The van der Waals surface area contributed by atoms with Crippen LogP contribution in [0.2, 0.25) is 0 Å². The summed E-state index contributed by atoms with van der Waals surface area (Å²) in [7, 11) is 0. The molecule has 2 aromatic carbocycles. The second-order valence-electron chi connectivity index (χ2n) is 4.18. The minimum atomic E-state index is -0.540. The van der Waals surface area contributed by atoms with Gasteiger partial charge in [-0.2, -0.15) is 0 Å². The van der Waals surface area contributed by atoms with Crippen molar-refractivity contribution in [3.05, 3.63) is 63.9 Å². The number of nitrogens with one attached hydrogen (secondary N) is 1. The molecule has 0 unspecified atom stereocenters. The van der Waals surface area contributed by atoms with Crippen LogP contribution in [0, 0.1) is 5.82 Å². The number of ketones is 1. The molecule has 2 aromatic rings. The Bertz CT molecular complexity index is 704. The number of benzene rings is 2. The highest BCUT2D eigenvalue weighted by molar-refractivity contribution is 9.10. The molecule has 1 N–H and O–H groups in total. The molecule has 0 heterocycles. The summed E-state index contributed by atoms with van der Waals surface area (Å²) in [5.74, 6) is -1.23. The third-order valence-corrected chi connectivity index (χ3v) is 3.94. The maximum atomic E-state index is 13.5. The monoisotopic (exact) mass is 413 g/mol. The van der Waals surface area contributed by atoms with Crippen LogP contribution in [0.5, 0.6) is 0 Å². The van der Waals surface area contributed by atoms with Crippen molar-refractivity contribution in [2.45, 2.75) is 0 Å². The molecular weight excluding hydrogens is 405 g/mol. The van der Waals surface area contributed by atoms with E-state index < -0.39 is 5.82 Å². The van der Waals surface area contributed by atoms with E-state index in [1.54, 1.807) is 24.3 Å². The predicted molar refractivity (Wildman–Crippen MR) is 86.4 cm³/mol. The lowest BCUT2D eigenvalue weighted by atomic mass is 10.0. The van der Waals surface area contributed by atoms with Crippen LogP contribution in [0.15, 0.2) is 46.9 Å². The van der Waals surface area contributed by atoms with Gasteiger partial charge in [-0.1, -0.05) is 44.0 Å². The Morgan fingerprint density at radius 3 is 2.48 bits per heavy atom. The van der Waals surface area contributed by atoms with Crippen molar-refractivity contribution in [1.82, 2.24) is 0 Å². The predicted octanol–water partition coefficient (Wildman–Crippen LogP) is 4.15. The molecule has 0 aliphatic carbocycles. The summed E-state index contributed by atoms with van der Waals surface area (Å²) in [5.41, 5.74) is 0.787. The van der Waals surface area contributed by atoms with Gasteiger partial charge in [0.25, 0.3) is 0 Å². The summed E-state index contributed by atoms with van der Waals surface area (Å²) in [5, 5.41) is 2.66. The number of hydrogen-bond donors (Lipinski definition) is 1. The van der Waals surface area contributed by atoms with E-state index in [4.69, 9.17) is 0 Å². The summed E-state index contributed by atoms with van der Waals surface area (Å²) in [6.07, 6.45) is 0. The summed E-state index contributed by atoms with van der Waals surface area (Å²) in [4.78, 5) is 24.0. The molecule has 21 heavy (non-hydrogen) atoms. The smallest absolute Gasteiger partial charge is 0.235 e. The van der Waals surface area contributed by atoms with Gasteiger partial charge in [0.15, 0.2) is 5.78 Å². The van der Waals surface area contributed by atoms with E-state index in [9.17, 15) is 14.0 Å². The van der Waals surface area contributed by atoms with Crippen molar-refractivity contribution in [3.63, 3.8) is 0 Å². The maximum Gasteiger partial charge on any atom is 0.235 e. The van der Waals surface area contributed by atoms with Crippen molar-refractivity contribution >= 4 is 49.2 Å². The Labute approximate surface area is 137 Å². The fraction of sp³-hybridized carbons (Fsp3) is 0.0667. The molecule has 0 aliphatic rings. The molecule has 6 heteroatoms. The van der Waals surface area contributed by atoms with Gasteiger partial charge in [0.2, 0.25) is 5.91 Å². The summed E-state index contributed by atoms with van der Waals surface area (Å²) >= 11 is 6.32. The van der Waals surface area contributed by atoms with Gasteiger partial charge in [0.05, 0.1) is 11.0 Å². The van der Waals surface area contributed by atoms with Gasteiger partial charge in [-0.3, -0.25) is 9.59 Å². The van der Waals surface area contributed by atoms with Crippen molar-refractivity contribution in [3.8, 4) is 0 Å². The SMILES string of the molecule is O=C(CBr)Nc1ccc(F)cc1C(=O)c1ccccc1Br. The molecule has 0 fully saturated rings. The molecule has 0 atom stereocenters. The molecular formula is C15H10Br2FNO2. The van der Waals surface area contributed by atoms with Crippen LogP contribution in [0.4, 0.5) is 10.1 Å². The lowest BCUT2D eigenvalue weighted by molar-refractivity contribution is -0.113. The number of rotatable bonds is 4. The van der Waals surface area contributed by atoms with Crippen LogP contribution in [-0.2, 0) is 4.79 Å². The van der Waals surface area contributed by atoms with E-state index in [0.717, 1.165) is 6.07 Å². The number of hydrogen-bond acceptors (Lipinski definition) is 2. The van der Waals surface area contributed by atoms with Gasteiger partial charge in [0, 0.05) is 15.6 Å². The van der Waals surface area contributed by atoms with Crippen LogP contribution in [0.25, 0.3) is 0 Å². The average Bonchev–Trinajstić information content (AvgIpc) is 2.48. The number of alkyl halides is 1. The Hall–Kier alpha value is -1.53. The van der Waals surface area contributed by atoms with Gasteiger partial charge in [-0.15, -0.1) is 0 Å². The van der Waals surface area contributed by atoms with Crippen LogP contribution in [0.3, 0.4) is 0 Å². The highest BCUT2D eigenvalue weighted by Gasteiger charge is 2.18. The van der Waals surface area contributed by atoms with Gasteiger partial charge >= 0.3 is 0 Å². The third kappa shape index (κ3) is 3.77. The van der Waals surface area contributed by atoms with E-state index in [1.165, 1.54) is 12.1 Å². The first-order chi connectivity index (χ1) is 10.0. The highest BCUT2D eigenvalue weighted by atomic mass is 79.9. The largest absolute Gasteiger partial charge is 0.325 e. The molecule has 108 valence electrons. The molecule has 0 saturated heterocycles. The average molecular weight is 415 g/mol. The fourth-order valence-electron chi connectivity index (χ4n) is 1.79. The normalized spacial score (nSPS) is 10.2. The molecule has 2 rings (SSSR count). The zero-order chi connectivity index (χ0) is 15.4. The molecule has 0 aliphatic heterocycles. The quantitative estimate of drug-likeness (QED) is 0.603. The zero-order valence-corrected chi connectivity index (χ0v) is 13.9. The van der Waals surface area contributed by atoms with Gasteiger partial charge in [-0.25, -0.2) is 4.39 Å². The van der Waals surface area contributed by atoms with Gasteiger partial charge < -0.3 is 5.32 Å². The van der Waals surface area contributed by atoms with E-state index in [-0.39, 0.29) is 28.3 Å². The first kappa shape index (κ1) is 15.9. The van der Waals surface area contributed by atoms with Crippen molar-refractivity contribution in [2.75, 3.05) is 10.6 Å². The van der Waals surface area contributed by atoms with E-state index >= 15 is 0 Å². The Morgan fingerprint density at radius 2 is 1.81 bits per heavy atom. The second kappa shape index (κ2) is 6.95. The van der Waals surface area contributed by atoms with Crippen LogP contribution in [0.1, 0.15) is 15.9 Å². The lowest BCUT2D eigenvalue weighted by Gasteiger charge is -2.11. The van der Waals surface area contributed by atoms with Crippen LogP contribution >= 0.6 is 31.9 Å². The number of anilines is 1. The van der Waals surface area contributed by atoms with Gasteiger partial charge in [-0.05, 0) is 30.3 Å². The summed E-state index contributed by atoms with van der Waals surface area (Å²) in [6.45, 7) is 0. The van der Waals surface area contributed by atoms with Crippen molar-refractivity contribution in [2.24, 2.45) is 0 Å². The first-order valence-corrected chi connectivity index (χ1v) is 7.89. The van der Waals surface area contributed by atoms with E-state index in [1.807, 2.05) is 0 Å². The number of carbonyl (C=O) groups is 2. The minimum Gasteiger partial charge on any atom is -0.325 e. The van der Waals surface area contributed by atoms with Gasteiger partial charge in [0.1, 0.15) is 5.82 Å². The van der Waals surface area contributed by atoms with Crippen LogP contribution in [-0.4, -0.2) is 17.0 Å². The Balaban J connectivity index is 2.47. The Morgan fingerprint density at radius 1 is 1.10 bits per heavy atom. The van der Waals surface area contributed by atoms with Crippen molar-refractivity contribution < 1.29 is 14.0 Å². The second-order valence-corrected chi connectivity index (χ2v) is 5.60. The fourth-order valence-corrected chi connectivity index (χ4v) is 2.39. The highest BCUT2D eigenvalue weighted by Crippen LogP contribution is 2.25. The van der Waals surface area contributed by atoms with E-state index in [2.05, 4.69) is 37.2 Å². The zero-order valence-electron chi connectivity index (χ0n) is 10.7. The number of halogens is 3. The third-order valence-electron chi connectivity index (χ3n) is 2.74. The molecule has 1 amide bonds. The van der Waals surface area contributed by atoms with Crippen molar-refractivity contribution in [1.29, 1.82) is 0 Å². The standard InChI is InChI=1S/C15H10Br2FNO2/c16-8-14(20)19-13-6-5-9(18)7-11(13)15(21)10-3-1-2-4-12(10)17/h1-7H,8H2,(H,19,20). The molecule has 0 saturated carbocycles. The van der Waals surface area contributed by atoms with E-state index in [0.29, 0.717) is 10.0 Å². The topological polar surface area (TPSA) is 46.2 Å². The molecule has 0 aromatic heterocycles.